The molecule has 2 heterocycles. The molecule has 1 unspecified atom stereocenters. The minimum absolute atomic E-state index is 0.0747. The van der Waals surface area contributed by atoms with Gasteiger partial charge in [-0.15, -0.1) is 0 Å². The number of H-pyrrole nitrogens is 1. The third kappa shape index (κ3) is 4.05. The molecular formula is C19H25N5O3. The molecule has 0 spiro atoms. The molecule has 1 atom stereocenters. The maximum Gasteiger partial charge on any atom is 0.322 e. The van der Waals surface area contributed by atoms with Crippen molar-refractivity contribution in [1.29, 1.82) is 0 Å². The summed E-state index contributed by atoms with van der Waals surface area (Å²) in [5.74, 6) is 1.12. The summed E-state index contributed by atoms with van der Waals surface area (Å²) in [6.07, 6.45) is 6.35. The number of imidazole rings is 1. The smallest absolute Gasteiger partial charge is 0.322 e. The molecule has 2 N–H and O–H groups in total. The number of hydrogen-bond donors (Lipinski definition) is 2. The summed E-state index contributed by atoms with van der Waals surface area (Å²) in [6.45, 7) is 0.663. The van der Waals surface area contributed by atoms with E-state index in [1.165, 1.54) is 12.0 Å². The highest BCUT2D eigenvalue weighted by molar-refractivity contribution is 5.97. The summed E-state index contributed by atoms with van der Waals surface area (Å²) in [5, 5.41) is 2.91. The number of benzene rings is 1. The highest BCUT2D eigenvalue weighted by Crippen LogP contribution is 2.31. The quantitative estimate of drug-likeness (QED) is 0.865. The normalized spacial score (nSPS) is 16.7. The average molecular weight is 371 g/mol. The predicted molar refractivity (Wildman–Crippen MR) is 102 cm³/mol. The lowest BCUT2D eigenvalue weighted by Gasteiger charge is -2.34. The van der Waals surface area contributed by atoms with Gasteiger partial charge in [0.1, 0.15) is 11.6 Å². The second-order valence-corrected chi connectivity index (χ2v) is 6.72. The zero-order chi connectivity index (χ0) is 19.4. The molecule has 8 nitrogen and oxygen atoms in total. The molecule has 1 aliphatic rings. The number of anilines is 1. The summed E-state index contributed by atoms with van der Waals surface area (Å²) in [4.78, 5) is 35.8. The zero-order valence-electron chi connectivity index (χ0n) is 15.9. The highest BCUT2D eigenvalue weighted by Gasteiger charge is 2.30. The van der Waals surface area contributed by atoms with E-state index in [1.807, 2.05) is 0 Å². The van der Waals surface area contributed by atoms with Gasteiger partial charge in [0.25, 0.3) is 5.91 Å². The van der Waals surface area contributed by atoms with Gasteiger partial charge in [0.2, 0.25) is 0 Å². The van der Waals surface area contributed by atoms with Crippen molar-refractivity contribution >= 4 is 17.6 Å². The van der Waals surface area contributed by atoms with Crippen LogP contribution in [0.4, 0.5) is 10.5 Å². The Morgan fingerprint density at radius 3 is 2.81 bits per heavy atom. The van der Waals surface area contributed by atoms with Crippen LogP contribution in [-0.2, 0) is 0 Å². The number of hydrogen-bond acceptors (Lipinski definition) is 4. The van der Waals surface area contributed by atoms with Crippen LogP contribution in [-0.4, -0.2) is 59.5 Å². The van der Waals surface area contributed by atoms with Crippen LogP contribution in [0.3, 0.4) is 0 Å². The van der Waals surface area contributed by atoms with Gasteiger partial charge < -0.3 is 24.8 Å². The molecule has 0 bridgehead atoms. The number of rotatable bonds is 4. The molecule has 2 aromatic rings. The molecule has 3 amide bonds. The Morgan fingerprint density at radius 1 is 1.33 bits per heavy atom. The number of aromatic amines is 1. The Balaban J connectivity index is 1.79. The van der Waals surface area contributed by atoms with Crippen molar-refractivity contribution in [3.05, 3.63) is 42.0 Å². The molecule has 1 aromatic carbocycles. The average Bonchev–Trinajstić information content (AvgIpc) is 3.22. The van der Waals surface area contributed by atoms with Gasteiger partial charge in [0.05, 0.1) is 18.8 Å². The van der Waals surface area contributed by atoms with Crippen molar-refractivity contribution < 1.29 is 14.3 Å². The van der Waals surface area contributed by atoms with E-state index in [1.54, 1.807) is 49.6 Å². The molecule has 3 rings (SSSR count). The van der Waals surface area contributed by atoms with Gasteiger partial charge in [0.15, 0.2) is 0 Å². The van der Waals surface area contributed by atoms with E-state index in [0.717, 1.165) is 25.1 Å². The van der Waals surface area contributed by atoms with Crippen molar-refractivity contribution in [2.24, 2.45) is 0 Å². The first-order chi connectivity index (χ1) is 13.0. The molecule has 1 aromatic heterocycles. The molecule has 0 saturated carbocycles. The lowest BCUT2D eigenvalue weighted by Crippen LogP contribution is -2.41. The molecule has 8 heteroatoms. The molecule has 1 fully saturated rings. The number of urea groups is 1. The Hall–Kier alpha value is -3.03. The van der Waals surface area contributed by atoms with Crippen LogP contribution in [0.2, 0.25) is 0 Å². The molecular weight excluding hydrogens is 346 g/mol. The third-order valence-corrected chi connectivity index (χ3v) is 4.69. The number of likely N-dealkylation sites (tertiary alicyclic amines) is 1. The van der Waals surface area contributed by atoms with Gasteiger partial charge in [-0.1, -0.05) is 0 Å². The Labute approximate surface area is 158 Å². The van der Waals surface area contributed by atoms with E-state index in [9.17, 15) is 9.59 Å². The van der Waals surface area contributed by atoms with E-state index in [0.29, 0.717) is 23.5 Å². The fourth-order valence-electron chi connectivity index (χ4n) is 3.29. The minimum atomic E-state index is -0.207. The van der Waals surface area contributed by atoms with E-state index in [4.69, 9.17) is 4.74 Å². The van der Waals surface area contributed by atoms with E-state index in [2.05, 4.69) is 15.3 Å². The Kier molecular flexibility index (Phi) is 5.63. The Morgan fingerprint density at radius 2 is 2.15 bits per heavy atom. The number of carbonyl (C=O) groups is 2. The number of nitrogens with zero attached hydrogens (tertiary/aromatic N) is 3. The predicted octanol–water partition coefficient (Wildman–Crippen LogP) is 2.88. The monoisotopic (exact) mass is 371 g/mol. The molecule has 27 heavy (non-hydrogen) atoms. The van der Waals surface area contributed by atoms with Gasteiger partial charge in [0, 0.05) is 38.6 Å². The number of nitrogens with one attached hydrogen (secondary N) is 2. The number of methoxy groups -OCH3 is 1. The first-order valence-corrected chi connectivity index (χ1v) is 8.98. The third-order valence-electron chi connectivity index (χ3n) is 4.69. The number of carbonyl (C=O) groups excluding carboxylic acids is 2. The summed E-state index contributed by atoms with van der Waals surface area (Å²) in [6, 6.07) is 4.73. The molecule has 144 valence electrons. The fourth-order valence-corrected chi connectivity index (χ4v) is 3.29. The Bertz CT molecular complexity index is 804. The standard InChI is InChI=1S/C19H25N5O3/c1-23(2)18(25)13-7-8-14(16(12-13)27-3)22-19(26)24-11-5-4-6-15(24)17-20-9-10-21-17/h7-10,12,15H,4-6,11H2,1-3H3,(H,20,21)(H,22,26). The van der Waals surface area contributed by atoms with Crippen LogP contribution in [0.5, 0.6) is 5.75 Å². The van der Waals surface area contributed by atoms with Crippen LogP contribution in [0, 0.1) is 0 Å². The molecule has 1 aliphatic heterocycles. The second kappa shape index (κ2) is 8.11. The lowest BCUT2D eigenvalue weighted by atomic mass is 10.0. The minimum Gasteiger partial charge on any atom is -0.495 e. The summed E-state index contributed by atoms with van der Waals surface area (Å²) < 4.78 is 5.38. The molecule has 0 radical (unpaired) electrons. The SMILES string of the molecule is COc1cc(C(=O)N(C)C)ccc1NC(=O)N1CCCCC1c1ncc[nH]1. The van der Waals surface area contributed by atoms with Crippen molar-refractivity contribution in [1.82, 2.24) is 19.8 Å². The number of aromatic nitrogens is 2. The van der Waals surface area contributed by atoms with Crippen molar-refractivity contribution in [3.8, 4) is 5.75 Å². The van der Waals surface area contributed by atoms with Crippen LogP contribution in [0.1, 0.15) is 41.5 Å². The first kappa shape index (κ1) is 18.8. The topological polar surface area (TPSA) is 90.6 Å². The number of amides is 3. The first-order valence-electron chi connectivity index (χ1n) is 8.98. The van der Waals surface area contributed by atoms with E-state index < -0.39 is 0 Å². The van der Waals surface area contributed by atoms with Crippen molar-refractivity contribution in [3.63, 3.8) is 0 Å². The van der Waals surface area contributed by atoms with Crippen molar-refractivity contribution in [2.45, 2.75) is 25.3 Å². The maximum atomic E-state index is 12.9. The zero-order valence-corrected chi connectivity index (χ0v) is 15.9. The maximum absolute atomic E-state index is 12.9. The highest BCUT2D eigenvalue weighted by atomic mass is 16.5. The van der Waals surface area contributed by atoms with Gasteiger partial charge in [-0.25, -0.2) is 9.78 Å². The van der Waals surface area contributed by atoms with Gasteiger partial charge in [-0.05, 0) is 37.5 Å². The van der Waals surface area contributed by atoms with Gasteiger partial charge in [-0.3, -0.25) is 4.79 Å². The summed E-state index contributed by atoms with van der Waals surface area (Å²) in [7, 11) is 4.90. The molecule has 0 aliphatic carbocycles. The fraction of sp³-hybridized carbons (Fsp3) is 0.421. The van der Waals surface area contributed by atoms with E-state index >= 15 is 0 Å². The van der Waals surface area contributed by atoms with E-state index in [-0.39, 0.29) is 18.0 Å². The molecule has 1 saturated heterocycles. The largest absolute Gasteiger partial charge is 0.495 e. The van der Waals surface area contributed by atoms with Gasteiger partial charge in [-0.2, -0.15) is 0 Å². The summed E-state index contributed by atoms with van der Waals surface area (Å²) in [5.41, 5.74) is 1.03. The van der Waals surface area contributed by atoms with Crippen LogP contribution >= 0.6 is 0 Å². The number of ether oxygens (including phenoxy) is 1. The van der Waals surface area contributed by atoms with Crippen molar-refractivity contribution in [2.75, 3.05) is 33.1 Å². The van der Waals surface area contributed by atoms with Crippen LogP contribution < -0.4 is 10.1 Å². The lowest BCUT2D eigenvalue weighted by molar-refractivity contribution is 0.0827. The number of piperidine rings is 1. The summed E-state index contributed by atoms with van der Waals surface area (Å²) >= 11 is 0. The second-order valence-electron chi connectivity index (χ2n) is 6.72. The van der Waals surface area contributed by atoms with Gasteiger partial charge >= 0.3 is 6.03 Å². The van der Waals surface area contributed by atoms with Crippen LogP contribution in [0.25, 0.3) is 0 Å². The van der Waals surface area contributed by atoms with Crippen LogP contribution in [0.15, 0.2) is 30.6 Å².